The molecule has 0 aliphatic carbocycles. The molecule has 0 bridgehead atoms. The molecule has 2 heterocycles. The van der Waals surface area contributed by atoms with Crippen LogP contribution in [0.25, 0.3) is 0 Å². The molecule has 0 amide bonds. The topological polar surface area (TPSA) is 32.3 Å². The van der Waals surface area contributed by atoms with Gasteiger partial charge in [0.2, 0.25) is 0 Å². The maximum Gasteiger partial charge on any atom is 0.189 e. The van der Waals surface area contributed by atoms with E-state index in [2.05, 4.69) is 26.5 Å². The summed E-state index contributed by atoms with van der Waals surface area (Å²) in [6.45, 7) is 6.50. The lowest BCUT2D eigenvalue weighted by Crippen LogP contribution is -2.40. The quantitative estimate of drug-likeness (QED) is 0.710. The molecule has 14 heavy (non-hydrogen) atoms. The molecule has 0 unspecified atom stereocenters. The zero-order valence-electron chi connectivity index (χ0n) is 8.43. The summed E-state index contributed by atoms with van der Waals surface area (Å²) < 4.78 is 3.42. The summed E-state index contributed by atoms with van der Waals surface area (Å²) >= 11 is 3.41. The van der Waals surface area contributed by atoms with Crippen LogP contribution in [0, 0.1) is 6.92 Å². The predicted molar refractivity (Wildman–Crippen MR) is 59.6 cm³/mol. The smallest absolute Gasteiger partial charge is 0.189 e. The Morgan fingerprint density at radius 2 is 1.93 bits per heavy atom. The highest BCUT2D eigenvalue weighted by atomic mass is 32.2. The van der Waals surface area contributed by atoms with Crippen molar-refractivity contribution >= 4 is 23.3 Å². The van der Waals surface area contributed by atoms with E-state index in [0.29, 0.717) is 0 Å². The third-order valence-corrected chi connectivity index (χ3v) is 4.15. The van der Waals surface area contributed by atoms with Gasteiger partial charge in [-0.2, -0.15) is 0 Å². The average molecular weight is 230 g/mol. The normalized spacial score (nSPS) is 20.1. The first-order valence-electron chi connectivity index (χ1n) is 4.65. The standard InChI is InChI=1S/C8H14N4S2/c1-7-9-10-8(13-7)14-12-5-3-11(2)4-6-12/h3-6H2,1-2H3. The summed E-state index contributed by atoms with van der Waals surface area (Å²) in [5.74, 6) is 0. The second-order valence-electron chi connectivity index (χ2n) is 3.41. The minimum atomic E-state index is 1.04. The summed E-state index contributed by atoms with van der Waals surface area (Å²) in [6, 6.07) is 0. The molecule has 2 rings (SSSR count). The van der Waals surface area contributed by atoms with Gasteiger partial charge in [-0.25, -0.2) is 4.31 Å². The third-order valence-electron chi connectivity index (χ3n) is 2.18. The van der Waals surface area contributed by atoms with Crippen LogP contribution in [0.2, 0.25) is 0 Å². The predicted octanol–water partition coefficient (Wildman–Crippen LogP) is 1.10. The number of hydrogen-bond acceptors (Lipinski definition) is 6. The molecule has 0 aromatic carbocycles. The van der Waals surface area contributed by atoms with Crippen LogP contribution < -0.4 is 0 Å². The summed E-state index contributed by atoms with van der Waals surface area (Å²) in [5, 5.41) is 9.16. The number of nitrogens with zero attached hydrogens (tertiary/aromatic N) is 4. The van der Waals surface area contributed by atoms with Crippen molar-refractivity contribution in [3.63, 3.8) is 0 Å². The monoisotopic (exact) mass is 230 g/mol. The van der Waals surface area contributed by atoms with Crippen molar-refractivity contribution in [1.82, 2.24) is 19.4 Å². The van der Waals surface area contributed by atoms with Crippen molar-refractivity contribution in [2.24, 2.45) is 0 Å². The molecule has 1 saturated heterocycles. The van der Waals surface area contributed by atoms with Gasteiger partial charge in [0.25, 0.3) is 0 Å². The van der Waals surface area contributed by atoms with Gasteiger partial charge >= 0.3 is 0 Å². The first-order chi connectivity index (χ1) is 6.74. The van der Waals surface area contributed by atoms with Crippen molar-refractivity contribution in [1.29, 1.82) is 0 Å². The van der Waals surface area contributed by atoms with Crippen LogP contribution in [-0.2, 0) is 0 Å². The van der Waals surface area contributed by atoms with Crippen LogP contribution in [0.15, 0.2) is 4.34 Å². The van der Waals surface area contributed by atoms with Gasteiger partial charge in [0.1, 0.15) is 5.01 Å². The fraction of sp³-hybridized carbons (Fsp3) is 0.750. The molecular weight excluding hydrogens is 216 g/mol. The van der Waals surface area contributed by atoms with E-state index in [9.17, 15) is 0 Å². The number of aryl methyl sites for hydroxylation is 1. The summed E-state index contributed by atoms with van der Waals surface area (Å²) in [5.41, 5.74) is 0. The van der Waals surface area contributed by atoms with E-state index in [1.165, 1.54) is 0 Å². The van der Waals surface area contributed by atoms with Gasteiger partial charge in [0.15, 0.2) is 4.34 Å². The average Bonchev–Trinajstić information content (AvgIpc) is 2.56. The van der Waals surface area contributed by atoms with Crippen LogP contribution in [0.3, 0.4) is 0 Å². The van der Waals surface area contributed by atoms with E-state index in [4.69, 9.17) is 0 Å². The second kappa shape index (κ2) is 4.57. The Bertz CT molecular complexity index is 293. The van der Waals surface area contributed by atoms with E-state index in [-0.39, 0.29) is 0 Å². The molecular formula is C8H14N4S2. The van der Waals surface area contributed by atoms with Crippen molar-refractivity contribution in [2.75, 3.05) is 33.2 Å². The van der Waals surface area contributed by atoms with E-state index in [0.717, 1.165) is 35.5 Å². The second-order valence-corrected chi connectivity index (χ2v) is 5.94. The Hall–Kier alpha value is -0.170. The molecule has 1 aromatic rings. The Kier molecular flexibility index (Phi) is 3.38. The lowest BCUT2D eigenvalue weighted by atomic mass is 10.4. The zero-order chi connectivity index (χ0) is 9.97. The van der Waals surface area contributed by atoms with Gasteiger partial charge in [0.05, 0.1) is 0 Å². The van der Waals surface area contributed by atoms with Crippen LogP contribution in [0.1, 0.15) is 5.01 Å². The van der Waals surface area contributed by atoms with Crippen LogP contribution >= 0.6 is 23.3 Å². The minimum Gasteiger partial charge on any atom is -0.304 e. The highest BCUT2D eigenvalue weighted by Gasteiger charge is 2.16. The summed E-state index contributed by atoms with van der Waals surface area (Å²) in [6.07, 6.45) is 0. The largest absolute Gasteiger partial charge is 0.304 e. The van der Waals surface area contributed by atoms with Crippen LogP contribution in [0.5, 0.6) is 0 Å². The number of rotatable bonds is 2. The van der Waals surface area contributed by atoms with Gasteiger partial charge in [-0.1, -0.05) is 11.3 Å². The highest BCUT2D eigenvalue weighted by Crippen LogP contribution is 2.26. The van der Waals surface area contributed by atoms with E-state index < -0.39 is 0 Å². The summed E-state index contributed by atoms with van der Waals surface area (Å²) in [4.78, 5) is 2.35. The Morgan fingerprint density at radius 1 is 1.21 bits per heavy atom. The molecule has 0 radical (unpaired) electrons. The van der Waals surface area contributed by atoms with Crippen molar-refractivity contribution in [3.8, 4) is 0 Å². The molecule has 1 fully saturated rings. The van der Waals surface area contributed by atoms with Gasteiger partial charge in [-0.05, 0) is 25.9 Å². The van der Waals surface area contributed by atoms with Gasteiger partial charge < -0.3 is 4.90 Å². The van der Waals surface area contributed by atoms with E-state index in [1.807, 2.05) is 6.92 Å². The molecule has 4 nitrogen and oxygen atoms in total. The number of aromatic nitrogens is 2. The Balaban J connectivity index is 1.86. The first kappa shape index (κ1) is 10.4. The molecule has 78 valence electrons. The van der Waals surface area contributed by atoms with Gasteiger partial charge in [-0.15, -0.1) is 10.2 Å². The van der Waals surface area contributed by atoms with Crippen molar-refractivity contribution in [3.05, 3.63) is 5.01 Å². The first-order valence-corrected chi connectivity index (χ1v) is 6.24. The number of hydrogen-bond donors (Lipinski definition) is 0. The van der Waals surface area contributed by atoms with Crippen molar-refractivity contribution in [2.45, 2.75) is 11.3 Å². The maximum atomic E-state index is 4.11. The Labute approximate surface area is 92.4 Å². The number of likely N-dealkylation sites (N-methyl/N-ethyl adjacent to an activating group) is 1. The van der Waals surface area contributed by atoms with Crippen LogP contribution in [-0.4, -0.2) is 52.6 Å². The van der Waals surface area contributed by atoms with Crippen LogP contribution in [0.4, 0.5) is 0 Å². The minimum absolute atomic E-state index is 1.04. The SMILES string of the molecule is Cc1nnc(SN2CCN(C)CC2)s1. The lowest BCUT2D eigenvalue weighted by molar-refractivity contribution is 0.233. The van der Waals surface area contributed by atoms with Crippen molar-refractivity contribution < 1.29 is 0 Å². The fourth-order valence-corrected chi connectivity index (χ4v) is 3.19. The van der Waals surface area contributed by atoms with Gasteiger partial charge in [0, 0.05) is 26.2 Å². The van der Waals surface area contributed by atoms with Gasteiger partial charge in [-0.3, -0.25) is 0 Å². The molecule has 1 aromatic heterocycles. The molecule has 0 saturated carbocycles. The molecule has 0 N–H and O–H groups in total. The highest BCUT2D eigenvalue weighted by molar-refractivity contribution is 7.98. The summed E-state index contributed by atoms with van der Waals surface area (Å²) in [7, 11) is 2.16. The molecule has 0 atom stereocenters. The third kappa shape index (κ3) is 2.66. The lowest BCUT2D eigenvalue weighted by Gasteiger charge is -2.30. The molecule has 0 spiro atoms. The zero-order valence-corrected chi connectivity index (χ0v) is 10.1. The molecule has 1 aliphatic rings. The number of piperazine rings is 1. The molecule has 6 heteroatoms. The van der Waals surface area contributed by atoms with E-state index >= 15 is 0 Å². The Morgan fingerprint density at radius 3 is 2.50 bits per heavy atom. The van der Waals surface area contributed by atoms with E-state index in [1.54, 1.807) is 23.3 Å². The maximum absolute atomic E-state index is 4.11. The fourth-order valence-electron chi connectivity index (χ4n) is 1.31. The molecule has 1 aliphatic heterocycles.